The van der Waals surface area contributed by atoms with Crippen LogP contribution in [0.5, 0.6) is 5.75 Å². The molecule has 2 aromatic rings. The first kappa shape index (κ1) is 14.3. The smallest absolute Gasteiger partial charge is 0.258 e. The van der Waals surface area contributed by atoms with E-state index in [4.69, 9.17) is 16.3 Å². The second kappa shape index (κ2) is 5.92. The minimum Gasteiger partial charge on any atom is -0.495 e. The number of methoxy groups -OCH3 is 1. The number of ether oxygens (including phenoxy) is 1. The van der Waals surface area contributed by atoms with Crippen molar-refractivity contribution >= 4 is 23.2 Å². The second-order valence-electron chi connectivity index (χ2n) is 4.24. The molecule has 0 saturated carbocycles. The van der Waals surface area contributed by atoms with E-state index in [2.05, 4.69) is 5.32 Å². The molecule has 104 valence electrons. The van der Waals surface area contributed by atoms with Gasteiger partial charge in [0.2, 0.25) is 0 Å². The van der Waals surface area contributed by atoms with E-state index in [1.165, 1.54) is 13.2 Å². The van der Waals surface area contributed by atoms with Crippen LogP contribution in [0.1, 0.15) is 15.9 Å². The Balaban J connectivity index is 2.24. The van der Waals surface area contributed by atoms with Crippen molar-refractivity contribution in [1.82, 2.24) is 0 Å². The van der Waals surface area contributed by atoms with Gasteiger partial charge in [0.15, 0.2) is 0 Å². The molecule has 0 unspecified atom stereocenters. The fourth-order valence-corrected chi connectivity index (χ4v) is 2.02. The molecular weight excluding hydrogens is 281 g/mol. The fraction of sp³-hybridized carbons (Fsp3) is 0.133. The van der Waals surface area contributed by atoms with Crippen LogP contribution in [0.15, 0.2) is 36.4 Å². The summed E-state index contributed by atoms with van der Waals surface area (Å²) in [5.74, 6) is -0.538. The molecular formula is C15H13ClFNO2. The zero-order valence-corrected chi connectivity index (χ0v) is 11.8. The van der Waals surface area contributed by atoms with E-state index in [0.717, 1.165) is 0 Å². The normalized spacial score (nSPS) is 10.2. The van der Waals surface area contributed by atoms with Gasteiger partial charge in [0.1, 0.15) is 11.6 Å². The molecule has 5 heteroatoms. The first-order valence-corrected chi connectivity index (χ1v) is 6.30. The molecule has 3 nitrogen and oxygen atoms in total. The number of rotatable bonds is 3. The van der Waals surface area contributed by atoms with Gasteiger partial charge in [-0.05, 0) is 36.8 Å². The highest BCUT2D eigenvalue weighted by molar-refractivity contribution is 6.32. The third kappa shape index (κ3) is 2.91. The Bertz CT molecular complexity index is 658. The first-order valence-electron chi connectivity index (χ1n) is 5.93. The molecule has 0 aliphatic carbocycles. The predicted molar refractivity (Wildman–Crippen MR) is 77.1 cm³/mol. The van der Waals surface area contributed by atoms with Crippen molar-refractivity contribution in [1.29, 1.82) is 0 Å². The van der Waals surface area contributed by atoms with Gasteiger partial charge in [-0.15, -0.1) is 0 Å². The number of halogens is 2. The van der Waals surface area contributed by atoms with Gasteiger partial charge >= 0.3 is 0 Å². The zero-order chi connectivity index (χ0) is 14.7. The highest BCUT2D eigenvalue weighted by Crippen LogP contribution is 2.27. The predicted octanol–water partition coefficient (Wildman–Crippen LogP) is 4.05. The van der Waals surface area contributed by atoms with Gasteiger partial charge in [-0.2, -0.15) is 0 Å². The maximum atomic E-state index is 13.8. The summed E-state index contributed by atoms with van der Waals surface area (Å²) in [6.45, 7) is 1.61. The molecule has 0 aliphatic rings. The lowest BCUT2D eigenvalue weighted by Crippen LogP contribution is -2.14. The molecule has 0 spiro atoms. The molecule has 0 saturated heterocycles. The van der Waals surface area contributed by atoms with Crippen LogP contribution in [0, 0.1) is 12.7 Å². The highest BCUT2D eigenvalue weighted by atomic mass is 35.5. The molecule has 2 rings (SSSR count). The quantitative estimate of drug-likeness (QED) is 0.927. The standard InChI is InChI=1S/C15H13ClFNO2/c1-9-4-3-5-11(14(9)17)15(19)18-10-6-7-13(20-2)12(16)8-10/h3-8H,1-2H3,(H,18,19). The van der Waals surface area contributed by atoms with Gasteiger partial charge in [-0.3, -0.25) is 4.79 Å². The van der Waals surface area contributed by atoms with Gasteiger partial charge in [-0.25, -0.2) is 4.39 Å². The van der Waals surface area contributed by atoms with E-state index in [9.17, 15) is 9.18 Å². The lowest BCUT2D eigenvalue weighted by atomic mass is 10.1. The van der Waals surface area contributed by atoms with Crippen molar-refractivity contribution < 1.29 is 13.9 Å². The van der Waals surface area contributed by atoms with Crippen LogP contribution in [0.25, 0.3) is 0 Å². The Kier molecular flexibility index (Phi) is 4.25. The average molecular weight is 294 g/mol. The van der Waals surface area contributed by atoms with Crippen LogP contribution in [0.2, 0.25) is 5.02 Å². The number of nitrogens with one attached hydrogen (secondary N) is 1. The van der Waals surface area contributed by atoms with Crippen molar-refractivity contribution in [2.24, 2.45) is 0 Å². The molecule has 0 atom stereocenters. The summed E-state index contributed by atoms with van der Waals surface area (Å²) in [6.07, 6.45) is 0. The number of anilines is 1. The number of hydrogen-bond donors (Lipinski definition) is 1. The lowest BCUT2D eigenvalue weighted by molar-refractivity contribution is 0.102. The molecule has 0 aliphatic heterocycles. The van der Waals surface area contributed by atoms with Gasteiger partial charge in [-0.1, -0.05) is 23.7 Å². The maximum Gasteiger partial charge on any atom is 0.258 e. The van der Waals surface area contributed by atoms with Crippen molar-refractivity contribution in [3.05, 3.63) is 58.4 Å². The summed E-state index contributed by atoms with van der Waals surface area (Å²) in [5, 5.41) is 2.97. The minimum absolute atomic E-state index is 0.00283. The molecule has 1 amide bonds. The molecule has 0 heterocycles. The molecule has 1 N–H and O–H groups in total. The SMILES string of the molecule is COc1ccc(NC(=O)c2cccc(C)c2F)cc1Cl. The Morgan fingerprint density at radius 3 is 2.70 bits per heavy atom. The second-order valence-corrected chi connectivity index (χ2v) is 4.65. The van der Waals surface area contributed by atoms with E-state index < -0.39 is 11.7 Å². The van der Waals surface area contributed by atoms with E-state index >= 15 is 0 Å². The molecule has 2 aromatic carbocycles. The van der Waals surface area contributed by atoms with Crippen LogP contribution in [-0.4, -0.2) is 13.0 Å². The maximum absolute atomic E-state index is 13.8. The lowest BCUT2D eigenvalue weighted by Gasteiger charge is -2.09. The molecule has 0 fully saturated rings. The summed E-state index contributed by atoms with van der Waals surface area (Å²) in [4.78, 5) is 12.0. The zero-order valence-electron chi connectivity index (χ0n) is 11.0. The number of carbonyl (C=O) groups excluding carboxylic acids is 1. The van der Waals surface area contributed by atoms with Crippen LogP contribution in [0.4, 0.5) is 10.1 Å². The summed E-state index contributed by atoms with van der Waals surface area (Å²) < 4.78 is 18.9. The van der Waals surface area contributed by atoms with Crippen LogP contribution in [-0.2, 0) is 0 Å². The van der Waals surface area contributed by atoms with Crippen molar-refractivity contribution in [3.63, 3.8) is 0 Å². The third-order valence-electron chi connectivity index (χ3n) is 2.85. The minimum atomic E-state index is -0.524. The van der Waals surface area contributed by atoms with Crippen molar-refractivity contribution in [2.75, 3.05) is 12.4 Å². The van der Waals surface area contributed by atoms with Crippen LogP contribution < -0.4 is 10.1 Å². The number of aryl methyl sites for hydroxylation is 1. The molecule has 0 bridgehead atoms. The summed E-state index contributed by atoms with van der Waals surface area (Å²) >= 11 is 5.97. The van der Waals surface area contributed by atoms with Crippen LogP contribution >= 0.6 is 11.6 Å². The highest BCUT2D eigenvalue weighted by Gasteiger charge is 2.13. The number of benzene rings is 2. The topological polar surface area (TPSA) is 38.3 Å². The van der Waals surface area contributed by atoms with E-state index in [-0.39, 0.29) is 5.56 Å². The Labute approximate surface area is 121 Å². The Hall–Kier alpha value is -2.07. The Morgan fingerprint density at radius 2 is 2.05 bits per heavy atom. The first-order chi connectivity index (χ1) is 9.52. The largest absolute Gasteiger partial charge is 0.495 e. The van der Waals surface area contributed by atoms with Gasteiger partial charge in [0.05, 0.1) is 17.7 Å². The van der Waals surface area contributed by atoms with Gasteiger partial charge in [0.25, 0.3) is 5.91 Å². The van der Waals surface area contributed by atoms with Gasteiger partial charge in [0, 0.05) is 5.69 Å². The molecule has 20 heavy (non-hydrogen) atoms. The Morgan fingerprint density at radius 1 is 1.30 bits per heavy atom. The van der Waals surface area contributed by atoms with E-state index in [1.54, 1.807) is 37.3 Å². The third-order valence-corrected chi connectivity index (χ3v) is 3.14. The van der Waals surface area contributed by atoms with E-state index in [1.807, 2.05) is 0 Å². The van der Waals surface area contributed by atoms with Crippen molar-refractivity contribution in [2.45, 2.75) is 6.92 Å². The number of hydrogen-bond acceptors (Lipinski definition) is 2. The number of carbonyl (C=O) groups is 1. The van der Waals surface area contributed by atoms with Crippen molar-refractivity contribution in [3.8, 4) is 5.75 Å². The molecule has 0 aromatic heterocycles. The average Bonchev–Trinajstić information content (AvgIpc) is 2.42. The monoisotopic (exact) mass is 293 g/mol. The number of amides is 1. The fourth-order valence-electron chi connectivity index (χ4n) is 1.77. The summed E-state index contributed by atoms with van der Waals surface area (Å²) in [6, 6.07) is 9.49. The van der Waals surface area contributed by atoms with Crippen LogP contribution in [0.3, 0.4) is 0 Å². The summed E-state index contributed by atoms with van der Waals surface area (Å²) in [7, 11) is 1.50. The summed E-state index contributed by atoms with van der Waals surface area (Å²) in [5.41, 5.74) is 0.893. The van der Waals surface area contributed by atoms with Gasteiger partial charge < -0.3 is 10.1 Å². The molecule has 0 radical (unpaired) electrons. The van der Waals surface area contributed by atoms with E-state index in [0.29, 0.717) is 22.0 Å².